The monoisotopic (exact) mass is 910 g/mol. The van der Waals surface area contributed by atoms with Crippen LogP contribution in [0, 0.1) is 0 Å². The number of aliphatic hydroxyl groups excluding tert-OH is 2. The van der Waals surface area contributed by atoms with E-state index in [1.807, 2.05) is 48.5 Å². The van der Waals surface area contributed by atoms with E-state index in [0.717, 1.165) is 53.7 Å². The highest BCUT2D eigenvalue weighted by molar-refractivity contribution is 6.09. The second-order valence-corrected chi connectivity index (χ2v) is 15.4. The van der Waals surface area contributed by atoms with Crippen LogP contribution < -0.4 is 52.9 Å². The standard InChI is InChI=1S/C46H59N11O9/c1-5-56(6-2)28-13-15-32-38(20-28)66-39-21-29(57(7-3)8-4)14-16-33(39)41(32)30-11-9-10-12-31(30)43(62)51-23-34(47)44(63)50-18-17-40(60)53-35(19-27-22-49-26-52-27)45(64)55-37(25-59)46(65)54-36(24-58)42(48)61/h9-16,20-22,26,34-37,58-59H,5-8,17-19,23-25,47H2,1-4H3,(H7-,48,49,50,51,52,53,54,55,60,61,62,63,64,65)/p+1/t34-,35-,36-,37-/m0/s1. The number of nitrogens with one attached hydrogen (secondary N) is 6. The maximum atomic E-state index is 14.0. The number of nitrogens with zero attached hydrogens (tertiary/aromatic N) is 3. The van der Waals surface area contributed by atoms with Gasteiger partial charge in [-0.3, -0.25) is 28.8 Å². The zero-order valence-electron chi connectivity index (χ0n) is 37.6. The predicted octanol–water partition coefficient (Wildman–Crippen LogP) is -0.684. The highest BCUT2D eigenvalue weighted by atomic mass is 16.3. The predicted molar refractivity (Wildman–Crippen MR) is 248 cm³/mol. The Balaban J connectivity index is 1.26. The molecule has 0 radical (unpaired) electrons. The summed E-state index contributed by atoms with van der Waals surface area (Å²) in [7, 11) is 0. The Morgan fingerprint density at radius 1 is 0.818 bits per heavy atom. The normalized spacial score (nSPS) is 13.0. The number of aromatic nitrogens is 2. The van der Waals surface area contributed by atoms with Gasteiger partial charge in [-0.2, -0.15) is 0 Å². The number of H-pyrrole nitrogens is 1. The number of amides is 6. The minimum atomic E-state index is -1.56. The summed E-state index contributed by atoms with van der Waals surface area (Å²) in [5.74, 6) is -4.00. The average Bonchev–Trinajstić information content (AvgIpc) is 3.84. The molecule has 1 aromatic heterocycles. The number of aromatic amines is 1. The molecule has 0 spiro atoms. The number of nitrogens with two attached hydrogens (primary N) is 2. The summed E-state index contributed by atoms with van der Waals surface area (Å²) >= 11 is 0. The minimum absolute atomic E-state index is 0.0980. The number of carbonyl (C=O) groups excluding carboxylic acids is 6. The molecule has 66 heavy (non-hydrogen) atoms. The molecule has 2 heterocycles. The van der Waals surface area contributed by atoms with Crippen molar-refractivity contribution >= 4 is 52.1 Å². The van der Waals surface area contributed by atoms with Crippen LogP contribution in [0.5, 0.6) is 0 Å². The van der Waals surface area contributed by atoms with Crippen molar-refractivity contribution in [1.29, 1.82) is 0 Å². The third-order valence-electron chi connectivity index (χ3n) is 11.1. The molecule has 0 unspecified atom stereocenters. The van der Waals surface area contributed by atoms with Crippen LogP contribution in [0.3, 0.4) is 0 Å². The lowest BCUT2D eigenvalue weighted by molar-refractivity contribution is -0.134. The van der Waals surface area contributed by atoms with E-state index < -0.39 is 72.8 Å². The Labute approximate surface area is 381 Å². The van der Waals surface area contributed by atoms with Crippen LogP contribution in [-0.4, -0.2) is 132 Å². The van der Waals surface area contributed by atoms with Crippen LogP contribution >= 0.6 is 0 Å². The second-order valence-electron chi connectivity index (χ2n) is 15.4. The van der Waals surface area contributed by atoms with Gasteiger partial charge in [0, 0.05) is 90.8 Å². The first-order valence-corrected chi connectivity index (χ1v) is 21.9. The maximum absolute atomic E-state index is 14.0. The van der Waals surface area contributed by atoms with Crippen LogP contribution in [0.2, 0.25) is 0 Å². The van der Waals surface area contributed by atoms with Crippen molar-refractivity contribution in [3.05, 3.63) is 89.8 Å². The van der Waals surface area contributed by atoms with Gasteiger partial charge in [-0.25, -0.2) is 9.56 Å². The van der Waals surface area contributed by atoms with Gasteiger partial charge in [0.15, 0.2) is 0 Å². The van der Waals surface area contributed by atoms with E-state index in [1.54, 1.807) is 12.1 Å². The second kappa shape index (κ2) is 23.7. The number of anilines is 1. The Morgan fingerprint density at radius 2 is 1.52 bits per heavy atom. The number of primary amides is 1. The fourth-order valence-electron chi connectivity index (χ4n) is 7.49. The Morgan fingerprint density at radius 3 is 2.17 bits per heavy atom. The number of carbonyl (C=O) groups is 6. The lowest BCUT2D eigenvalue weighted by Crippen LogP contribution is -2.58. The number of hydrogen-bond donors (Lipinski definition) is 10. The number of fused-ring (bicyclic) bond motifs is 2. The van der Waals surface area contributed by atoms with Crippen molar-refractivity contribution in [3.8, 4) is 22.5 Å². The lowest BCUT2D eigenvalue weighted by atomic mass is 9.90. The van der Waals surface area contributed by atoms with Crippen LogP contribution in [0.15, 0.2) is 77.6 Å². The van der Waals surface area contributed by atoms with Crippen molar-refractivity contribution < 1.29 is 43.4 Å². The van der Waals surface area contributed by atoms with Gasteiger partial charge in [0.2, 0.25) is 34.9 Å². The molecule has 0 bridgehead atoms. The molecule has 3 aromatic rings. The number of imidazole rings is 1. The van der Waals surface area contributed by atoms with Gasteiger partial charge in [0.25, 0.3) is 5.91 Å². The summed E-state index contributed by atoms with van der Waals surface area (Å²) < 4.78 is 8.85. The molecule has 6 amide bonds. The molecule has 5 rings (SSSR count). The van der Waals surface area contributed by atoms with E-state index in [4.69, 9.17) is 15.9 Å². The SMILES string of the molecule is CCN(CC)c1ccc2c(-c3ccccc3C(=O)NC[C@H](N)C(=O)NCCC(=O)N[C@@H](Cc3cnc[nH]3)C(=O)N[C@@H](CO)C(=O)N[C@@H](CO)C(N)=O)c3ccc(=[N+](CC)CC)cc-3oc2c1. The number of aliphatic hydroxyl groups is 2. The first-order valence-electron chi connectivity index (χ1n) is 21.9. The summed E-state index contributed by atoms with van der Waals surface area (Å²) in [6.07, 6.45) is 2.40. The largest absolute Gasteiger partial charge is 0.456 e. The molecule has 0 saturated heterocycles. The summed E-state index contributed by atoms with van der Waals surface area (Å²) in [4.78, 5) is 86.4. The molecular weight excluding hydrogens is 851 g/mol. The van der Waals surface area contributed by atoms with Gasteiger partial charge < -0.3 is 62.6 Å². The summed E-state index contributed by atoms with van der Waals surface area (Å²) in [6, 6.07) is 13.9. The number of benzene rings is 3. The molecule has 0 saturated carbocycles. The molecule has 1 aliphatic heterocycles. The molecule has 4 atom stereocenters. The zero-order chi connectivity index (χ0) is 47.9. The first kappa shape index (κ1) is 49.8. The van der Waals surface area contributed by atoms with Crippen LogP contribution in [-0.2, 0) is 30.4 Å². The quantitative estimate of drug-likeness (QED) is 0.0288. The van der Waals surface area contributed by atoms with Crippen molar-refractivity contribution in [2.45, 2.75) is 64.7 Å². The van der Waals surface area contributed by atoms with E-state index in [1.165, 1.54) is 12.5 Å². The van der Waals surface area contributed by atoms with Crippen molar-refractivity contribution in [3.63, 3.8) is 0 Å². The third kappa shape index (κ3) is 12.3. The maximum Gasteiger partial charge on any atom is 0.251 e. The molecule has 20 heteroatoms. The first-order chi connectivity index (χ1) is 31.8. The van der Waals surface area contributed by atoms with Gasteiger partial charge in [-0.1, -0.05) is 18.2 Å². The van der Waals surface area contributed by atoms with Crippen LogP contribution in [0.4, 0.5) is 5.69 Å². The van der Waals surface area contributed by atoms with E-state index in [-0.39, 0.29) is 25.9 Å². The Bertz CT molecular complexity index is 2530. The summed E-state index contributed by atoms with van der Waals surface area (Å²) in [5, 5.41) is 33.3. The van der Waals surface area contributed by atoms with E-state index >= 15 is 0 Å². The number of rotatable bonds is 23. The van der Waals surface area contributed by atoms with Crippen molar-refractivity contribution in [2.75, 3.05) is 57.4 Å². The van der Waals surface area contributed by atoms with Gasteiger partial charge in [-0.15, -0.1) is 0 Å². The fraction of sp³-hybridized carbons (Fsp3) is 0.391. The molecule has 0 fully saturated rings. The van der Waals surface area contributed by atoms with E-state index in [9.17, 15) is 39.0 Å². The highest BCUT2D eigenvalue weighted by Gasteiger charge is 2.30. The van der Waals surface area contributed by atoms with E-state index in [2.05, 4.69) is 73.7 Å². The topological polar surface area (TPSA) is 303 Å². The van der Waals surface area contributed by atoms with Crippen molar-refractivity contribution in [2.24, 2.45) is 11.5 Å². The lowest BCUT2D eigenvalue weighted by Gasteiger charge is -2.23. The van der Waals surface area contributed by atoms with Crippen molar-refractivity contribution in [1.82, 2.24) is 41.1 Å². The Hall–Kier alpha value is -7.16. The summed E-state index contributed by atoms with van der Waals surface area (Å²) in [6.45, 7) is 9.53. The molecule has 352 valence electrons. The minimum Gasteiger partial charge on any atom is -0.456 e. The molecule has 1 aliphatic carbocycles. The summed E-state index contributed by atoms with van der Waals surface area (Å²) in [5.41, 5.74) is 16.1. The number of hydrogen-bond acceptors (Lipinski definition) is 12. The molecule has 20 nitrogen and oxygen atoms in total. The van der Waals surface area contributed by atoms with Gasteiger partial charge >= 0.3 is 0 Å². The zero-order valence-corrected chi connectivity index (χ0v) is 37.6. The highest BCUT2D eigenvalue weighted by Crippen LogP contribution is 2.42. The molecule has 2 aromatic carbocycles. The Kier molecular flexibility index (Phi) is 17.9. The van der Waals surface area contributed by atoms with Gasteiger partial charge in [0.05, 0.1) is 25.6 Å². The van der Waals surface area contributed by atoms with E-state index in [0.29, 0.717) is 28.2 Å². The third-order valence-corrected chi connectivity index (χ3v) is 11.1. The van der Waals surface area contributed by atoms with Crippen LogP contribution in [0.1, 0.15) is 50.2 Å². The molecule has 2 aliphatic rings. The smallest absolute Gasteiger partial charge is 0.251 e. The van der Waals surface area contributed by atoms with Gasteiger partial charge in [-0.05, 0) is 57.5 Å². The fourth-order valence-corrected chi connectivity index (χ4v) is 7.49. The molecule has 12 N–H and O–H groups in total. The average molecular weight is 911 g/mol. The van der Waals surface area contributed by atoms with Crippen LogP contribution in [0.25, 0.3) is 33.4 Å². The van der Waals surface area contributed by atoms with Gasteiger partial charge in [0.1, 0.15) is 48.6 Å². The molecular formula is C46H60N11O9+.